The summed E-state index contributed by atoms with van der Waals surface area (Å²) in [6, 6.07) is 8.65. The van der Waals surface area contributed by atoms with Crippen LogP contribution in [0, 0.1) is 5.92 Å². The summed E-state index contributed by atoms with van der Waals surface area (Å²) in [7, 11) is 1.56. The number of hydrogen-bond acceptors (Lipinski definition) is 4. The van der Waals surface area contributed by atoms with E-state index in [1.807, 2.05) is 24.4 Å². The van der Waals surface area contributed by atoms with E-state index in [0.717, 1.165) is 5.56 Å². The summed E-state index contributed by atoms with van der Waals surface area (Å²) < 4.78 is 7.04. The lowest BCUT2D eigenvalue weighted by Crippen LogP contribution is -2.32. The maximum absolute atomic E-state index is 12.4. The topological polar surface area (TPSA) is 84.7 Å². The molecule has 0 bridgehead atoms. The molecule has 132 valence electrons. The first-order valence-corrected chi connectivity index (χ1v) is 8.24. The molecule has 1 aromatic carbocycles. The van der Waals surface area contributed by atoms with Crippen LogP contribution in [0.2, 0.25) is 0 Å². The van der Waals surface area contributed by atoms with Gasteiger partial charge in [-0.1, -0.05) is 12.1 Å². The zero-order chi connectivity index (χ0) is 17.8. The fraction of sp³-hybridized carbons (Fsp3) is 0.389. The van der Waals surface area contributed by atoms with Crippen LogP contribution in [0.25, 0.3) is 0 Å². The van der Waals surface area contributed by atoms with Crippen LogP contribution in [0.15, 0.2) is 42.7 Å². The number of carbonyl (C=O) groups excluding carboxylic acids is 1. The number of nitrogens with zero attached hydrogens (tertiary/aromatic N) is 3. The number of carboxylic acids is 1. The number of likely N-dealkylation sites (tertiary alicyclic amines) is 1. The molecule has 1 aliphatic heterocycles. The highest BCUT2D eigenvalue weighted by atomic mass is 16.5. The highest BCUT2D eigenvalue weighted by Crippen LogP contribution is 2.39. The van der Waals surface area contributed by atoms with Gasteiger partial charge in [-0.2, -0.15) is 5.10 Å². The Hall–Kier alpha value is -2.83. The van der Waals surface area contributed by atoms with E-state index in [0.29, 0.717) is 25.3 Å². The van der Waals surface area contributed by atoms with Gasteiger partial charge in [0.05, 0.1) is 19.1 Å². The third kappa shape index (κ3) is 3.65. The number of aliphatic carboxylic acids is 1. The van der Waals surface area contributed by atoms with E-state index >= 15 is 0 Å². The maximum atomic E-state index is 12.4. The summed E-state index contributed by atoms with van der Waals surface area (Å²) in [6.45, 7) is 1.17. The zero-order valence-corrected chi connectivity index (χ0v) is 14.0. The van der Waals surface area contributed by atoms with Crippen molar-refractivity contribution in [2.45, 2.75) is 25.4 Å². The van der Waals surface area contributed by atoms with E-state index in [9.17, 15) is 14.7 Å². The van der Waals surface area contributed by atoms with Crippen molar-refractivity contribution >= 4 is 11.9 Å². The highest BCUT2D eigenvalue weighted by molar-refractivity contribution is 5.87. The minimum atomic E-state index is -0.948. The molecule has 0 radical (unpaired) electrons. The third-order valence-corrected chi connectivity index (χ3v) is 4.53. The van der Waals surface area contributed by atoms with Crippen molar-refractivity contribution in [2.75, 3.05) is 13.7 Å². The molecular formula is C18H21N3O4. The number of rotatable bonds is 7. The van der Waals surface area contributed by atoms with Crippen LogP contribution in [-0.4, -0.2) is 45.3 Å². The van der Waals surface area contributed by atoms with Crippen molar-refractivity contribution in [1.82, 2.24) is 14.7 Å². The quantitative estimate of drug-likeness (QED) is 0.831. The van der Waals surface area contributed by atoms with Crippen LogP contribution >= 0.6 is 0 Å². The van der Waals surface area contributed by atoms with Gasteiger partial charge in [0.2, 0.25) is 5.91 Å². The van der Waals surface area contributed by atoms with Gasteiger partial charge in [-0.05, 0) is 30.2 Å². The summed E-state index contributed by atoms with van der Waals surface area (Å²) in [5.41, 5.74) is 0.789. The monoisotopic (exact) mass is 343 g/mol. The Balaban J connectivity index is 1.80. The number of hydrogen-bond donors (Lipinski definition) is 1. The standard InChI is InChI=1S/C18H21N3O4/c1-25-14-6-2-5-13(11-14)17-15(18(23)24)12-16(22)21(17)10-4-9-20-8-3-7-19-20/h2-3,5-8,11,15,17H,4,9-10,12H2,1H3,(H,23,24). The molecule has 3 rings (SSSR count). The fourth-order valence-electron chi connectivity index (χ4n) is 3.35. The van der Waals surface area contributed by atoms with Gasteiger partial charge in [0.25, 0.3) is 0 Å². The van der Waals surface area contributed by atoms with Crippen molar-refractivity contribution in [3.63, 3.8) is 0 Å². The van der Waals surface area contributed by atoms with Crippen molar-refractivity contribution in [1.29, 1.82) is 0 Å². The van der Waals surface area contributed by atoms with Crippen molar-refractivity contribution in [3.8, 4) is 5.75 Å². The van der Waals surface area contributed by atoms with E-state index in [2.05, 4.69) is 5.10 Å². The first kappa shape index (κ1) is 17.0. The molecule has 2 aromatic rings. The molecule has 1 saturated heterocycles. The summed E-state index contributed by atoms with van der Waals surface area (Å²) in [5.74, 6) is -1.17. The van der Waals surface area contributed by atoms with Crippen LogP contribution in [0.1, 0.15) is 24.4 Å². The van der Waals surface area contributed by atoms with Crippen LogP contribution in [-0.2, 0) is 16.1 Å². The molecular weight excluding hydrogens is 322 g/mol. The SMILES string of the molecule is COc1cccc(C2C(C(=O)O)CC(=O)N2CCCn2cccn2)c1. The van der Waals surface area contributed by atoms with Crippen LogP contribution in [0.3, 0.4) is 0 Å². The van der Waals surface area contributed by atoms with E-state index in [-0.39, 0.29) is 12.3 Å². The van der Waals surface area contributed by atoms with Gasteiger partial charge in [-0.15, -0.1) is 0 Å². The van der Waals surface area contributed by atoms with Crippen molar-refractivity contribution in [2.24, 2.45) is 5.92 Å². The predicted molar refractivity (Wildman–Crippen MR) is 90.0 cm³/mol. The van der Waals surface area contributed by atoms with Gasteiger partial charge < -0.3 is 14.7 Å². The summed E-state index contributed by atoms with van der Waals surface area (Å²) >= 11 is 0. The molecule has 25 heavy (non-hydrogen) atoms. The molecule has 1 fully saturated rings. The average Bonchev–Trinajstić information content (AvgIpc) is 3.23. The zero-order valence-electron chi connectivity index (χ0n) is 14.0. The van der Waals surface area contributed by atoms with Gasteiger partial charge in [-0.3, -0.25) is 14.3 Å². The molecule has 1 amide bonds. The van der Waals surface area contributed by atoms with Gasteiger partial charge >= 0.3 is 5.97 Å². The molecule has 1 N–H and O–H groups in total. The molecule has 0 saturated carbocycles. The molecule has 7 heteroatoms. The Labute approximate surface area is 145 Å². The first-order chi connectivity index (χ1) is 12.1. The first-order valence-electron chi connectivity index (χ1n) is 8.24. The number of aromatic nitrogens is 2. The Morgan fingerprint density at radius 2 is 2.20 bits per heavy atom. The van der Waals surface area contributed by atoms with Gasteiger partial charge in [0.15, 0.2) is 0 Å². The summed E-state index contributed by atoms with van der Waals surface area (Å²) in [5, 5.41) is 13.7. The second kappa shape index (κ2) is 7.38. The third-order valence-electron chi connectivity index (χ3n) is 4.53. The number of carbonyl (C=O) groups is 2. The Kier molecular flexibility index (Phi) is 5.02. The second-order valence-electron chi connectivity index (χ2n) is 6.08. The number of methoxy groups -OCH3 is 1. The molecule has 7 nitrogen and oxygen atoms in total. The van der Waals surface area contributed by atoms with Crippen LogP contribution in [0.4, 0.5) is 0 Å². The smallest absolute Gasteiger partial charge is 0.309 e. The highest BCUT2D eigenvalue weighted by Gasteiger charge is 2.44. The molecule has 2 unspecified atom stereocenters. The molecule has 1 aliphatic rings. The lowest BCUT2D eigenvalue weighted by atomic mass is 9.93. The predicted octanol–water partition coefficient (Wildman–Crippen LogP) is 1.96. The Morgan fingerprint density at radius 1 is 1.36 bits per heavy atom. The minimum Gasteiger partial charge on any atom is -0.497 e. The van der Waals surface area contributed by atoms with E-state index in [1.165, 1.54) is 0 Å². The molecule has 2 heterocycles. The molecule has 2 atom stereocenters. The minimum absolute atomic E-state index is 0.0268. The average molecular weight is 343 g/mol. The molecule has 0 spiro atoms. The number of carboxylic acid groups (broad SMARTS) is 1. The van der Waals surface area contributed by atoms with Crippen LogP contribution in [0.5, 0.6) is 5.75 Å². The second-order valence-corrected chi connectivity index (χ2v) is 6.08. The Bertz CT molecular complexity index is 745. The number of ether oxygens (including phenoxy) is 1. The molecule has 0 aliphatic carbocycles. The lowest BCUT2D eigenvalue weighted by Gasteiger charge is -2.27. The Morgan fingerprint density at radius 3 is 2.88 bits per heavy atom. The van der Waals surface area contributed by atoms with Gasteiger partial charge in [0, 0.05) is 31.9 Å². The van der Waals surface area contributed by atoms with Crippen molar-refractivity contribution < 1.29 is 19.4 Å². The normalized spacial score (nSPS) is 20.0. The van der Waals surface area contributed by atoms with Gasteiger partial charge in [-0.25, -0.2) is 0 Å². The maximum Gasteiger partial charge on any atom is 0.309 e. The number of amides is 1. The van der Waals surface area contributed by atoms with E-state index in [1.54, 1.807) is 35.0 Å². The van der Waals surface area contributed by atoms with E-state index < -0.39 is 17.9 Å². The summed E-state index contributed by atoms with van der Waals surface area (Å²) in [4.78, 5) is 25.8. The van der Waals surface area contributed by atoms with E-state index in [4.69, 9.17) is 4.74 Å². The van der Waals surface area contributed by atoms with Crippen molar-refractivity contribution in [3.05, 3.63) is 48.3 Å². The number of benzene rings is 1. The lowest BCUT2D eigenvalue weighted by molar-refractivity contribution is -0.142. The van der Waals surface area contributed by atoms with Gasteiger partial charge in [0.1, 0.15) is 5.75 Å². The molecule has 1 aromatic heterocycles. The number of aryl methyl sites for hydroxylation is 1. The largest absolute Gasteiger partial charge is 0.497 e. The van der Waals surface area contributed by atoms with Crippen LogP contribution < -0.4 is 4.74 Å². The summed E-state index contributed by atoms with van der Waals surface area (Å²) in [6.07, 6.45) is 4.31. The fourth-order valence-corrected chi connectivity index (χ4v) is 3.35.